The molecule has 0 aliphatic rings. The van der Waals surface area contributed by atoms with E-state index in [2.05, 4.69) is 5.32 Å². The summed E-state index contributed by atoms with van der Waals surface area (Å²) in [7, 11) is 0.268. The Labute approximate surface area is 208 Å². The van der Waals surface area contributed by atoms with E-state index in [1.807, 2.05) is 0 Å². The first-order valence-electron chi connectivity index (χ1n) is 10.6. The normalized spacial score (nSPS) is 10.9. The fourth-order valence-electron chi connectivity index (χ4n) is 3.42. The minimum Gasteiger partial charge on any atom is -0.493 e. The highest BCUT2D eigenvalue weighted by Gasteiger charge is 2.22. The van der Waals surface area contributed by atoms with E-state index >= 15 is 0 Å². The number of halogens is 1. The van der Waals surface area contributed by atoms with E-state index in [4.69, 9.17) is 14.2 Å². The molecule has 0 heterocycles. The van der Waals surface area contributed by atoms with Gasteiger partial charge in [-0.2, -0.15) is 0 Å². The van der Waals surface area contributed by atoms with Crippen molar-refractivity contribution in [2.75, 3.05) is 37.2 Å². The van der Waals surface area contributed by atoms with Crippen LogP contribution >= 0.6 is 0 Å². The van der Waals surface area contributed by atoms with Gasteiger partial charge in [0.1, 0.15) is 5.82 Å². The van der Waals surface area contributed by atoms with Crippen LogP contribution in [0.2, 0.25) is 0 Å². The fourth-order valence-corrected chi connectivity index (χ4v) is 4.29. The third-order valence-electron chi connectivity index (χ3n) is 5.27. The highest BCUT2D eigenvalue weighted by atomic mass is 32.2. The van der Waals surface area contributed by atoms with Gasteiger partial charge >= 0.3 is 5.97 Å². The molecule has 0 aromatic heterocycles. The molecule has 0 radical (unpaired) electrons. The van der Waals surface area contributed by atoms with Crippen LogP contribution in [0, 0.1) is 5.82 Å². The van der Waals surface area contributed by atoms with E-state index in [0.29, 0.717) is 0 Å². The molecule has 0 aliphatic heterocycles. The summed E-state index contributed by atoms with van der Waals surface area (Å²) >= 11 is 0. The second kappa shape index (κ2) is 11.1. The summed E-state index contributed by atoms with van der Waals surface area (Å²) < 4.78 is 55.2. The average Bonchev–Trinajstić information content (AvgIpc) is 2.86. The van der Waals surface area contributed by atoms with Gasteiger partial charge < -0.3 is 19.5 Å². The molecule has 0 bridgehead atoms. The number of esters is 1. The van der Waals surface area contributed by atoms with Crippen LogP contribution in [0.15, 0.2) is 60.7 Å². The van der Waals surface area contributed by atoms with Crippen LogP contribution in [0.5, 0.6) is 11.5 Å². The minimum absolute atomic E-state index is 0.0493. The maximum atomic E-state index is 14.1. The summed E-state index contributed by atoms with van der Waals surface area (Å²) in [6.07, 6.45) is 1.01. The minimum atomic E-state index is -3.76. The molecule has 190 valence electrons. The van der Waals surface area contributed by atoms with Gasteiger partial charge in [0.15, 0.2) is 11.5 Å². The number of hydrogen-bond acceptors (Lipinski definition) is 7. The molecule has 1 N–H and O–H groups in total. The summed E-state index contributed by atoms with van der Waals surface area (Å²) in [6, 6.07) is 14.4. The first kappa shape index (κ1) is 26.5. The molecule has 3 aromatic rings. The SMILES string of the molecule is COC(=O)c1cc(OC)c(OC)cc1NC(=O)c1ccc(N(Cc2ccccc2F)S(C)(=O)=O)cc1. The van der Waals surface area contributed by atoms with Gasteiger partial charge in [-0.15, -0.1) is 0 Å². The lowest BCUT2D eigenvalue weighted by Crippen LogP contribution is -2.29. The summed E-state index contributed by atoms with van der Waals surface area (Å²) in [5, 5.41) is 2.64. The maximum Gasteiger partial charge on any atom is 0.340 e. The van der Waals surface area contributed by atoms with E-state index in [-0.39, 0.29) is 46.1 Å². The number of ether oxygens (including phenoxy) is 3. The van der Waals surface area contributed by atoms with Gasteiger partial charge in [0.25, 0.3) is 5.91 Å². The zero-order valence-electron chi connectivity index (χ0n) is 20.1. The number of carbonyl (C=O) groups is 2. The number of anilines is 2. The van der Waals surface area contributed by atoms with E-state index in [9.17, 15) is 22.4 Å². The van der Waals surface area contributed by atoms with Crippen molar-refractivity contribution in [3.05, 3.63) is 83.2 Å². The molecule has 0 saturated carbocycles. The standard InChI is InChI=1S/C25H25FN2O7S/c1-33-22-13-19(25(30)35-3)21(14-23(22)34-2)27-24(29)16-9-11-18(12-10-16)28(36(4,31)32)15-17-7-5-6-8-20(17)26/h5-14H,15H2,1-4H3,(H,27,29). The Bertz CT molecular complexity index is 1380. The molecule has 0 unspecified atom stereocenters. The smallest absolute Gasteiger partial charge is 0.340 e. The lowest BCUT2D eigenvalue weighted by Gasteiger charge is -2.23. The lowest BCUT2D eigenvalue weighted by molar-refractivity contribution is 0.0601. The van der Waals surface area contributed by atoms with E-state index in [0.717, 1.165) is 10.6 Å². The van der Waals surface area contributed by atoms with Crippen molar-refractivity contribution in [1.82, 2.24) is 0 Å². The van der Waals surface area contributed by atoms with Crippen LogP contribution < -0.4 is 19.1 Å². The Morgan fingerprint density at radius 3 is 2.11 bits per heavy atom. The zero-order valence-corrected chi connectivity index (χ0v) is 20.9. The fraction of sp³-hybridized carbons (Fsp3) is 0.200. The number of methoxy groups -OCH3 is 3. The Hall–Kier alpha value is -4.12. The molecule has 0 fully saturated rings. The van der Waals surface area contributed by atoms with Crippen molar-refractivity contribution < 1.29 is 36.6 Å². The van der Waals surface area contributed by atoms with Crippen LogP contribution in [-0.2, 0) is 21.3 Å². The number of hydrogen-bond donors (Lipinski definition) is 1. The summed E-state index contributed by atoms with van der Waals surface area (Å²) in [6.45, 7) is -0.217. The van der Waals surface area contributed by atoms with Crippen molar-refractivity contribution in [2.24, 2.45) is 0 Å². The van der Waals surface area contributed by atoms with Crippen molar-refractivity contribution in [3.63, 3.8) is 0 Å². The number of benzene rings is 3. The number of carbonyl (C=O) groups excluding carboxylic acids is 2. The second-order valence-electron chi connectivity index (χ2n) is 7.61. The summed E-state index contributed by atoms with van der Waals surface area (Å²) in [5.74, 6) is -1.24. The first-order valence-corrected chi connectivity index (χ1v) is 12.4. The third kappa shape index (κ3) is 5.92. The molecule has 9 nitrogen and oxygen atoms in total. The molecule has 1 amide bonds. The summed E-state index contributed by atoms with van der Waals surface area (Å²) in [5.41, 5.74) is 0.815. The Morgan fingerprint density at radius 1 is 0.944 bits per heavy atom. The predicted octanol–water partition coefficient (Wildman–Crippen LogP) is 3.85. The highest BCUT2D eigenvalue weighted by Crippen LogP contribution is 2.34. The molecule has 11 heteroatoms. The number of rotatable bonds is 9. The molecular formula is C25H25FN2O7S. The zero-order chi connectivity index (χ0) is 26.5. The van der Waals surface area contributed by atoms with Crippen LogP contribution in [-0.4, -0.2) is 47.9 Å². The second-order valence-corrected chi connectivity index (χ2v) is 9.51. The molecule has 0 saturated heterocycles. The van der Waals surface area contributed by atoms with Crippen molar-refractivity contribution in [2.45, 2.75) is 6.54 Å². The van der Waals surface area contributed by atoms with Crippen LogP contribution in [0.3, 0.4) is 0 Å². The number of sulfonamides is 1. The molecule has 0 atom stereocenters. The van der Waals surface area contributed by atoms with Gasteiger partial charge in [0.05, 0.1) is 51.1 Å². The van der Waals surface area contributed by atoms with Gasteiger partial charge in [0, 0.05) is 23.3 Å². The molecule has 0 spiro atoms. The quantitative estimate of drug-likeness (QED) is 0.430. The molecule has 36 heavy (non-hydrogen) atoms. The molecular weight excluding hydrogens is 491 g/mol. The van der Waals surface area contributed by atoms with Crippen molar-refractivity contribution in [3.8, 4) is 11.5 Å². The lowest BCUT2D eigenvalue weighted by atomic mass is 10.1. The van der Waals surface area contributed by atoms with Crippen molar-refractivity contribution in [1.29, 1.82) is 0 Å². The third-order valence-corrected chi connectivity index (χ3v) is 6.41. The van der Waals surface area contributed by atoms with Crippen LogP contribution in [0.4, 0.5) is 15.8 Å². The number of amides is 1. The van der Waals surface area contributed by atoms with Crippen LogP contribution in [0.25, 0.3) is 0 Å². The van der Waals surface area contributed by atoms with Gasteiger partial charge in [0.2, 0.25) is 10.0 Å². The monoisotopic (exact) mass is 516 g/mol. The van der Waals surface area contributed by atoms with Crippen LogP contribution in [0.1, 0.15) is 26.3 Å². The Kier molecular flexibility index (Phi) is 8.15. The maximum absolute atomic E-state index is 14.1. The van der Waals surface area contributed by atoms with Gasteiger partial charge in [-0.05, 0) is 30.3 Å². The van der Waals surface area contributed by atoms with Gasteiger partial charge in [-0.25, -0.2) is 17.6 Å². The van der Waals surface area contributed by atoms with E-state index in [1.165, 1.54) is 75.9 Å². The largest absolute Gasteiger partial charge is 0.493 e. The Balaban J connectivity index is 1.90. The van der Waals surface area contributed by atoms with E-state index < -0.39 is 27.7 Å². The summed E-state index contributed by atoms with van der Waals surface area (Å²) in [4.78, 5) is 25.2. The molecule has 3 rings (SSSR count). The highest BCUT2D eigenvalue weighted by molar-refractivity contribution is 7.92. The Morgan fingerprint density at radius 2 is 1.56 bits per heavy atom. The van der Waals surface area contributed by atoms with Crippen molar-refractivity contribution >= 4 is 33.3 Å². The average molecular weight is 517 g/mol. The number of nitrogens with zero attached hydrogens (tertiary/aromatic N) is 1. The van der Waals surface area contributed by atoms with E-state index in [1.54, 1.807) is 6.07 Å². The number of nitrogens with one attached hydrogen (secondary N) is 1. The van der Waals surface area contributed by atoms with Gasteiger partial charge in [-0.3, -0.25) is 9.10 Å². The first-order chi connectivity index (χ1) is 17.1. The molecule has 0 aliphatic carbocycles. The topological polar surface area (TPSA) is 111 Å². The predicted molar refractivity (Wildman–Crippen MR) is 133 cm³/mol. The van der Waals surface area contributed by atoms with Gasteiger partial charge in [-0.1, -0.05) is 18.2 Å². The molecule has 3 aromatic carbocycles.